The first kappa shape index (κ1) is 14.6. The standard InChI is InChI=1S/C14H15ClFN3O/c1-2-14(20)19-5-3-18(4-6-19)13-8-11(15)10(9-17)7-12(13)16/h7-8H,2-6H2,1H3. The van der Waals surface area contributed by atoms with Crippen molar-refractivity contribution in [2.75, 3.05) is 31.1 Å². The van der Waals surface area contributed by atoms with E-state index in [-0.39, 0.29) is 16.5 Å². The largest absolute Gasteiger partial charge is 0.366 e. The molecule has 4 nitrogen and oxygen atoms in total. The van der Waals surface area contributed by atoms with Crippen molar-refractivity contribution in [1.82, 2.24) is 4.90 Å². The van der Waals surface area contributed by atoms with Crippen LogP contribution in [0.3, 0.4) is 0 Å². The zero-order valence-electron chi connectivity index (χ0n) is 11.2. The SMILES string of the molecule is CCC(=O)N1CCN(c2cc(Cl)c(C#N)cc2F)CC1. The number of hydrogen-bond donors (Lipinski definition) is 0. The molecule has 1 aliphatic heterocycles. The summed E-state index contributed by atoms with van der Waals surface area (Å²) >= 11 is 5.94. The van der Waals surface area contributed by atoms with Gasteiger partial charge >= 0.3 is 0 Å². The fourth-order valence-electron chi connectivity index (χ4n) is 2.28. The van der Waals surface area contributed by atoms with Crippen LogP contribution in [-0.2, 0) is 4.79 Å². The molecule has 1 aromatic carbocycles. The second kappa shape index (κ2) is 6.10. The molecule has 0 unspecified atom stereocenters. The van der Waals surface area contributed by atoms with Crippen molar-refractivity contribution >= 4 is 23.2 Å². The Morgan fingerprint density at radius 2 is 2.05 bits per heavy atom. The van der Waals surface area contributed by atoms with E-state index in [1.165, 1.54) is 6.07 Å². The van der Waals surface area contributed by atoms with Crippen molar-refractivity contribution in [1.29, 1.82) is 5.26 Å². The molecule has 1 heterocycles. The lowest BCUT2D eigenvalue weighted by Crippen LogP contribution is -2.48. The Kier molecular flexibility index (Phi) is 4.46. The molecule has 0 aliphatic carbocycles. The number of nitriles is 1. The molecule has 0 saturated carbocycles. The van der Waals surface area contributed by atoms with Crippen LogP contribution in [0, 0.1) is 17.1 Å². The predicted molar refractivity (Wildman–Crippen MR) is 75.2 cm³/mol. The molecule has 0 spiro atoms. The highest BCUT2D eigenvalue weighted by atomic mass is 35.5. The van der Waals surface area contributed by atoms with Crippen molar-refractivity contribution < 1.29 is 9.18 Å². The number of rotatable bonds is 2. The summed E-state index contributed by atoms with van der Waals surface area (Å²) in [5, 5.41) is 9.05. The van der Waals surface area contributed by atoms with Gasteiger partial charge in [0.15, 0.2) is 0 Å². The minimum Gasteiger partial charge on any atom is -0.366 e. The Balaban J connectivity index is 2.13. The van der Waals surface area contributed by atoms with Gasteiger partial charge in [0.1, 0.15) is 11.9 Å². The van der Waals surface area contributed by atoms with Gasteiger partial charge in [-0.25, -0.2) is 4.39 Å². The monoisotopic (exact) mass is 295 g/mol. The van der Waals surface area contributed by atoms with Gasteiger partial charge in [-0.1, -0.05) is 18.5 Å². The third-order valence-electron chi connectivity index (χ3n) is 3.43. The molecule has 1 aliphatic rings. The lowest BCUT2D eigenvalue weighted by molar-refractivity contribution is -0.131. The predicted octanol–water partition coefficient (Wildman–Crippen LogP) is 2.41. The summed E-state index contributed by atoms with van der Waals surface area (Å²) in [6, 6.07) is 4.49. The summed E-state index contributed by atoms with van der Waals surface area (Å²) in [4.78, 5) is 15.2. The number of halogens is 2. The van der Waals surface area contributed by atoms with E-state index in [1.54, 1.807) is 4.90 Å². The van der Waals surface area contributed by atoms with Gasteiger partial charge in [0.2, 0.25) is 5.91 Å². The summed E-state index contributed by atoms with van der Waals surface area (Å²) in [6.07, 6.45) is 0.483. The first-order chi connectivity index (χ1) is 9.56. The Morgan fingerprint density at radius 1 is 1.40 bits per heavy atom. The van der Waals surface area contributed by atoms with Crippen molar-refractivity contribution in [3.05, 3.63) is 28.5 Å². The maximum absolute atomic E-state index is 14.0. The molecular formula is C14H15ClFN3O. The summed E-state index contributed by atoms with van der Waals surface area (Å²) in [5.74, 6) is -0.343. The van der Waals surface area contributed by atoms with Crippen LogP contribution in [0.15, 0.2) is 12.1 Å². The second-order valence-electron chi connectivity index (χ2n) is 4.62. The topological polar surface area (TPSA) is 47.3 Å². The van der Waals surface area contributed by atoms with Crippen LogP contribution in [0.1, 0.15) is 18.9 Å². The highest BCUT2D eigenvalue weighted by molar-refractivity contribution is 6.32. The summed E-state index contributed by atoms with van der Waals surface area (Å²) in [5.41, 5.74) is 0.519. The first-order valence-electron chi connectivity index (χ1n) is 6.48. The maximum Gasteiger partial charge on any atom is 0.222 e. The average Bonchev–Trinajstić information content (AvgIpc) is 2.48. The van der Waals surface area contributed by atoms with Gasteiger partial charge in [-0.05, 0) is 12.1 Å². The van der Waals surface area contributed by atoms with E-state index in [2.05, 4.69) is 0 Å². The van der Waals surface area contributed by atoms with Crippen LogP contribution in [0.4, 0.5) is 10.1 Å². The van der Waals surface area contributed by atoms with Gasteiger partial charge in [0, 0.05) is 32.6 Å². The third kappa shape index (κ3) is 2.86. The van der Waals surface area contributed by atoms with Crippen LogP contribution in [0.5, 0.6) is 0 Å². The number of benzene rings is 1. The van der Waals surface area contributed by atoms with Crippen molar-refractivity contribution in [2.45, 2.75) is 13.3 Å². The molecule has 1 aromatic rings. The smallest absolute Gasteiger partial charge is 0.222 e. The lowest BCUT2D eigenvalue weighted by Gasteiger charge is -2.36. The molecule has 6 heteroatoms. The number of amides is 1. The Bertz CT molecular complexity index is 562. The van der Waals surface area contributed by atoms with E-state index < -0.39 is 5.82 Å². The van der Waals surface area contributed by atoms with Crippen molar-refractivity contribution in [3.63, 3.8) is 0 Å². The number of carbonyl (C=O) groups excluding carboxylic acids is 1. The number of piperazine rings is 1. The highest BCUT2D eigenvalue weighted by Gasteiger charge is 2.22. The van der Waals surface area contributed by atoms with E-state index in [9.17, 15) is 9.18 Å². The average molecular weight is 296 g/mol. The summed E-state index contributed by atoms with van der Waals surface area (Å²) in [7, 11) is 0. The number of hydrogen-bond acceptors (Lipinski definition) is 3. The summed E-state index contributed by atoms with van der Waals surface area (Å²) in [6.45, 7) is 4.10. The number of anilines is 1. The van der Waals surface area contributed by atoms with Crippen LogP contribution in [0.25, 0.3) is 0 Å². The van der Waals surface area contributed by atoms with Gasteiger partial charge in [0.05, 0.1) is 16.3 Å². The Labute approximate surface area is 122 Å². The third-order valence-corrected chi connectivity index (χ3v) is 3.75. The fraction of sp³-hybridized carbons (Fsp3) is 0.429. The zero-order chi connectivity index (χ0) is 14.7. The van der Waals surface area contributed by atoms with Crippen molar-refractivity contribution in [2.24, 2.45) is 0 Å². The Hall–Kier alpha value is -1.80. The molecule has 20 heavy (non-hydrogen) atoms. The normalized spacial score (nSPS) is 15.1. The highest BCUT2D eigenvalue weighted by Crippen LogP contribution is 2.27. The van der Waals surface area contributed by atoms with E-state index in [1.807, 2.05) is 17.9 Å². The van der Waals surface area contributed by atoms with Crippen molar-refractivity contribution in [3.8, 4) is 6.07 Å². The maximum atomic E-state index is 14.0. The number of nitrogens with zero attached hydrogens (tertiary/aromatic N) is 3. The van der Waals surface area contributed by atoms with Crippen LogP contribution in [0.2, 0.25) is 5.02 Å². The van der Waals surface area contributed by atoms with Gasteiger partial charge in [-0.3, -0.25) is 4.79 Å². The second-order valence-corrected chi connectivity index (χ2v) is 5.02. The van der Waals surface area contributed by atoms with E-state index >= 15 is 0 Å². The summed E-state index contributed by atoms with van der Waals surface area (Å²) < 4.78 is 14.0. The van der Waals surface area contributed by atoms with Gasteiger partial charge in [-0.2, -0.15) is 5.26 Å². The minimum atomic E-state index is -0.457. The molecule has 0 N–H and O–H groups in total. The Morgan fingerprint density at radius 3 is 2.60 bits per heavy atom. The molecular weight excluding hydrogens is 281 g/mol. The molecule has 1 amide bonds. The van der Waals surface area contributed by atoms with Gasteiger partial charge in [0.25, 0.3) is 0 Å². The van der Waals surface area contributed by atoms with E-state index in [0.29, 0.717) is 38.3 Å². The first-order valence-corrected chi connectivity index (χ1v) is 6.86. The quantitative estimate of drug-likeness (QED) is 0.842. The fourth-order valence-corrected chi connectivity index (χ4v) is 2.48. The molecule has 1 saturated heterocycles. The van der Waals surface area contributed by atoms with Gasteiger partial charge in [-0.15, -0.1) is 0 Å². The molecule has 0 radical (unpaired) electrons. The molecule has 0 bridgehead atoms. The van der Waals surface area contributed by atoms with Gasteiger partial charge < -0.3 is 9.80 Å². The molecule has 0 atom stereocenters. The molecule has 106 valence electrons. The van der Waals surface area contributed by atoms with Crippen LogP contribution in [-0.4, -0.2) is 37.0 Å². The minimum absolute atomic E-state index is 0.114. The number of carbonyl (C=O) groups is 1. The molecule has 0 aromatic heterocycles. The molecule has 1 fully saturated rings. The zero-order valence-corrected chi connectivity index (χ0v) is 12.0. The lowest BCUT2D eigenvalue weighted by atomic mass is 10.1. The van der Waals surface area contributed by atoms with E-state index in [4.69, 9.17) is 16.9 Å². The molecule has 2 rings (SSSR count). The van der Waals surface area contributed by atoms with Crippen LogP contribution < -0.4 is 4.90 Å². The van der Waals surface area contributed by atoms with Crippen LogP contribution >= 0.6 is 11.6 Å². The van der Waals surface area contributed by atoms with E-state index in [0.717, 1.165) is 6.07 Å².